The van der Waals surface area contributed by atoms with Gasteiger partial charge in [-0.05, 0) is 61.2 Å². The largest absolute Gasteiger partial charge is 0.519 e. The van der Waals surface area contributed by atoms with Crippen LogP contribution < -0.4 is 5.82 Å². The van der Waals surface area contributed by atoms with E-state index in [0.717, 1.165) is 28.2 Å². The van der Waals surface area contributed by atoms with Crippen LogP contribution >= 0.6 is 0 Å². The molecular formula is C26H21F3N2O6S. The van der Waals surface area contributed by atoms with Gasteiger partial charge in [0.15, 0.2) is 5.76 Å². The van der Waals surface area contributed by atoms with Crippen molar-refractivity contribution in [2.24, 2.45) is 0 Å². The molecule has 2 aromatic heterocycles. The zero-order chi connectivity index (χ0) is 27.4. The lowest BCUT2D eigenvalue weighted by atomic mass is 10.1. The number of likely N-dealkylation sites (N-methyl/N-ethyl adjacent to an activating group) is 1. The SMILES string of the molecule is Cc1oc(=O)oc1CC(=O)N(C)C1CCc2c1cn(S(=O)(=O)c1cccc(F)c1)c2-c1ccc(F)cc1F. The number of aryl methyl sites for hydroxylation is 1. The van der Waals surface area contributed by atoms with Gasteiger partial charge in [-0.15, -0.1) is 0 Å². The summed E-state index contributed by atoms with van der Waals surface area (Å²) in [6.45, 7) is 1.49. The molecule has 0 radical (unpaired) electrons. The smallest absolute Gasteiger partial charge is 0.396 e. The number of halogens is 3. The maximum atomic E-state index is 15.0. The van der Waals surface area contributed by atoms with Gasteiger partial charge in [-0.2, -0.15) is 0 Å². The van der Waals surface area contributed by atoms with Gasteiger partial charge in [0, 0.05) is 24.9 Å². The van der Waals surface area contributed by atoms with Crippen LogP contribution in [0.2, 0.25) is 0 Å². The first-order chi connectivity index (χ1) is 18.0. The van der Waals surface area contributed by atoms with Gasteiger partial charge in [0.1, 0.15) is 23.2 Å². The summed E-state index contributed by atoms with van der Waals surface area (Å²) in [5.41, 5.74) is 0.732. The van der Waals surface area contributed by atoms with Crippen molar-refractivity contribution in [3.63, 3.8) is 0 Å². The number of rotatable bonds is 6. The standard InChI is InChI=1S/C26H21F3N2O6S/c1-14-23(37-26(33)36-14)12-24(32)30(2)22-9-8-18-20(22)13-31(25(18)19-7-6-16(28)11-21(19)29)38(34,35)17-5-3-4-15(27)10-17/h3-7,10-11,13,22H,8-9,12H2,1-2H3. The summed E-state index contributed by atoms with van der Waals surface area (Å²) in [6.07, 6.45) is 1.72. The van der Waals surface area contributed by atoms with Crippen molar-refractivity contribution < 1.29 is 35.2 Å². The number of fused-ring (bicyclic) bond motifs is 1. The Morgan fingerprint density at radius 3 is 2.50 bits per heavy atom. The van der Waals surface area contributed by atoms with Gasteiger partial charge < -0.3 is 13.7 Å². The van der Waals surface area contributed by atoms with Gasteiger partial charge in [0.2, 0.25) is 5.91 Å². The van der Waals surface area contributed by atoms with Crippen LogP contribution in [0.1, 0.15) is 35.1 Å². The normalized spacial score (nSPS) is 15.0. The summed E-state index contributed by atoms with van der Waals surface area (Å²) in [4.78, 5) is 25.4. The summed E-state index contributed by atoms with van der Waals surface area (Å²) in [5.74, 6) is -3.69. The van der Waals surface area contributed by atoms with Gasteiger partial charge in [-0.25, -0.2) is 30.4 Å². The van der Waals surface area contributed by atoms with Gasteiger partial charge >= 0.3 is 5.82 Å². The molecule has 198 valence electrons. The Morgan fingerprint density at radius 2 is 1.84 bits per heavy atom. The summed E-state index contributed by atoms with van der Waals surface area (Å²) in [7, 11) is -2.90. The van der Waals surface area contributed by atoms with E-state index in [9.17, 15) is 31.2 Å². The Bertz CT molecular complexity index is 1740. The third-order valence-corrected chi connectivity index (χ3v) is 8.34. The van der Waals surface area contributed by atoms with E-state index in [2.05, 4.69) is 0 Å². The van der Waals surface area contributed by atoms with E-state index in [0.29, 0.717) is 23.6 Å². The molecule has 0 fully saturated rings. The molecule has 1 amide bonds. The quantitative estimate of drug-likeness (QED) is 0.356. The maximum Gasteiger partial charge on any atom is 0.519 e. The molecule has 0 bridgehead atoms. The predicted octanol–water partition coefficient (Wildman–Crippen LogP) is 4.35. The Kier molecular flexibility index (Phi) is 6.30. The Hall–Kier alpha value is -4.06. The van der Waals surface area contributed by atoms with E-state index in [1.807, 2.05) is 0 Å². The lowest BCUT2D eigenvalue weighted by Crippen LogP contribution is -2.31. The number of hydrogen-bond donors (Lipinski definition) is 0. The Balaban J connectivity index is 1.62. The number of aromatic nitrogens is 1. The van der Waals surface area contributed by atoms with Gasteiger partial charge in [-0.3, -0.25) is 4.79 Å². The minimum atomic E-state index is -4.42. The Morgan fingerprint density at radius 1 is 1.11 bits per heavy atom. The molecular weight excluding hydrogens is 525 g/mol. The molecule has 0 spiro atoms. The second-order valence-corrected chi connectivity index (χ2v) is 10.8. The van der Waals surface area contributed by atoms with E-state index in [4.69, 9.17) is 8.83 Å². The maximum absolute atomic E-state index is 15.0. The summed E-state index contributed by atoms with van der Waals surface area (Å²) < 4.78 is 80.4. The zero-order valence-electron chi connectivity index (χ0n) is 20.2. The second kappa shape index (κ2) is 9.35. The molecule has 2 heterocycles. The lowest BCUT2D eigenvalue weighted by molar-refractivity contribution is -0.131. The first-order valence-electron chi connectivity index (χ1n) is 11.5. The van der Waals surface area contributed by atoms with Gasteiger partial charge in [0.25, 0.3) is 10.0 Å². The van der Waals surface area contributed by atoms with Crippen LogP contribution in [-0.2, 0) is 27.7 Å². The number of nitrogens with zero attached hydrogens (tertiary/aromatic N) is 2. The fourth-order valence-corrected chi connectivity index (χ4v) is 6.23. The molecule has 1 atom stereocenters. The van der Waals surface area contributed by atoms with Crippen LogP contribution in [0.5, 0.6) is 0 Å². The van der Waals surface area contributed by atoms with Crippen molar-refractivity contribution in [2.45, 2.75) is 37.1 Å². The highest BCUT2D eigenvalue weighted by Gasteiger charge is 2.37. The highest BCUT2D eigenvalue weighted by molar-refractivity contribution is 7.90. The molecule has 5 rings (SSSR count). The van der Waals surface area contributed by atoms with Crippen molar-refractivity contribution in [1.29, 1.82) is 0 Å². The predicted molar refractivity (Wildman–Crippen MR) is 128 cm³/mol. The number of hydrogen-bond acceptors (Lipinski definition) is 6. The molecule has 8 nitrogen and oxygen atoms in total. The Labute approximate surface area is 215 Å². The molecule has 1 aliphatic rings. The van der Waals surface area contributed by atoms with Crippen molar-refractivity contribution >= 4 is 15.9 Å². The van der Waals surface area contributed by atoms with Gasteiger partial charge in [-0.1, -0.05) is 6.07 Å². The molecule has 0 saturated carbocycles. The van der Waals surface area contributed by atoms with Crippen LogP contribution in [0.15, 0.2) is 67.2 Å². The third-order valence-electron chi connectivity index (χ3n) is 6.69. The fourth-order valence-electron chi connectivity index (χ4n) is 4.79. The number of carbonyl (C=O) groups excluding carboxylic acids is 1. The van der Waals surface area contributed by atoms with E-state index in [1.165, 1.54) is 37.2 Å². The van der Waals surface area contributed by atoms with Crippen molar-refractivity contribution in [3.8, 4) is 11.3 Å². The molecule has 0 saturated heterocycles. The molecule has 4 aromatic rings. The number of amides is 1. The van der Waals surface area contributed by atoms with E-state index >= 15 is 0 Å². The average molecular weight is 547 g/mol. The molecule has 1 aliphatic carbocycles. The van der Waals surface area contributed by atoms with E-state index < -0.39 is 45.2 Å². The van der Waals surface area contributed by atoms with Crippen molar-refractivity contribution in [2.75, 3.05) is 7.05 Å². The molecule has 2 aromatic carbocycles. The number of benzene rings is 2. The highest BCUT2D eigenvalue weighted by Crippen LogP contribution is 2.44. The van der Waals surface area contributed by atoms with Crippen LogP contribution in [0, 0.1) is 24.4 Å². The zero-order valence-corrected chi connectivity index (χ0v) is 21.0. The van der Waals surface area contributed by atoms with Crippen LogP contribution in [0.25, 0.3) is 11.3 Å². The second-order valence-electron chi connectivity index (χ2n) is 8.96. The van der Waals surface area contributed by atoms with Crippen molar-refractivity contribution in [3.05, 3.63) is 99.4 Å². The van der Waals surface area contributed by atoms with Gasteiger partial charge in [0.05, 0.1) is 23.1 Å². The lowest BCUT2D eigenvalue weighted by Gasteiger charge is -2.24. The minimum Gasteiger partial charge on any atom is -0.396 e. The monoisotopic (exact) mass is 546 g/mol. The summed E-state index contributed by atoms with van der Waals surface area (Å²) in [6, 6.07) is 6.60. The van der Waals surface area contributed by atoms with Crippen LogP contribution in [-0.4, -0.2) is 30.2 Å². The van der Waals surface area contributed by atoms with Crippen LogP contribution in [0.4, 0.5) is 13.2 Å². The molecule has 0 aliphatic heterocycles. The topological polar surface area (TPSA) is 103 Å². The minimum absolute atomic E-state index is 0.0261. The molecule has 1 unspecified atom stereocenters. The average Bonchev–Trinajstić information content (AvgIpc) is 3.52. The first kappa shape index (κ1) is 25.6. The first-order valence-corrected chi connectivity index (χ1v) is 13.0. The van der Waals surface area contributed by atoms with E-state index in [1.54, 1.807) is 0 Å². The van der Waals surface area contributed by atoms with Crippen molar-refractivity contribution in [1.82, 2.24) is 8.87 Å². The van der Waals surface area contributed by atoms with Crippen LogP contribution in [0.3, 0.4) is 0 Å². The number of carbonyl (C=O) groups is 1. The highest BCUT2D eigenvalue weighted by atomic mass is 32.2. The third kappa shape index (κ3) is 4.34. The molecule has 0 N–H and O–H groups in total. The molecule has 38 heavy (non-hydrogen) atoms. The van der Waals surface area contributed by atoms with E-state index in [-0.39, 0.29) is 40.5 Å². The summed E-state index contributed by atoms with van der Waals surface area (Å²) >= 11 is 0. The molecule has 12 heteroatoms. The summed E-state index contributed by atoms with van der Waals surface area (Å²) in [5, 5.41) is 0. The fraction of sp³-hybridized carbons (Fsp3) is 0.231.